The van der Waals surface area contributed by atoms with Crippen LogP contribution in [-0.4, -0.2) is 15.5 Å². The Morgan fingerprint density at radius 3 is 2.50 bits per heavy atom. The molecule has 4 N–H and O–H groups in total. The first-order valence-corrected chi connectivity index (χ1v) is 10.6. The molecule has 0 radical (unpaired) electrons. The molecule has 0 amide bonds. The predicted molar refractivity (Wildman–Crippen MR) is 106 cm³/mol. The van der Waals surface area contributed by atoms with Crippen molar-refractivity contribution in [2.45, 2.75) is 31.3 Å². The molecular formula is C18H21Cl2N3O2S. The summed E-state index contributed by atoms with van der Waals surface area (Å²) in [5, 5.41) is 9.46. The maximum absolute atomic E-state index is 11.1. The lowest BCUT2D eigenvalue weighted by Gasteiger charge is -2.32. The van der Waals surface area contributed by atoms with E-state index >= 15 is 0 Å². The van der Waals surface area contributed by atoms with Crippen LogP contribution in [0.5, 0.6) is 0 Å². The van der Waals surface area contributed by atoms with Crippen molar-refractivity contribution in [1.29, 1.82) is 0 Å². The van der Waals surface area contributed by atoms with Crippen LogP contribution in [-0.2, 0) is 16.8 Å². The standard InChI is InChI=1S/C18H21Cl2N3O2S/c1-22-18-7-5-13(12-3-6-16(19)17(20)9-12)14-4-2-11(8-15(14)18)10-23-26(21,24)25/h2-4,6,8-9,13,18,22-23H,5,7,10H2,1H3,(H2,21,24,25)/t13?,18-/m0/s1. The quantitative estimate of drug-likeness (QED) is 0.701. The molecule has 5 nitrogen and oxygen atoms in total. The van der Waals surface area contributed by atoms with Crippen LogP contribution in [0.2, 0.25) is 10.0 Å². The maximum atomic E-state index is 11.1. The summed E-state index contributed by atoms with van der Waals surface area (Å²) >= 11 is 12.3. The van der Waals surface area contributed by atoms with E-state index in [2.05, 4.69) is 16.1 Å². The Labute approximate surface area is 164 Å². The summed E-state index contributed by atoms with van der Waals surface area (Å²) in [6.45, 7) is 0.167. The molecule has 26 heavy (non-hydrogen) atoms. The summed E-state index contributed by atoms with van der Waals surface area (Å²) in [4.78, 5) is 0. The van der Waals surface area contributed by atoms with Gasteiger partial charge in [-0.2, -0.15) is 13.1 Å². The first-order valence-electron chi connectivity index (χ1n) is 8.31. The van der Waals surface area contributed by atoms with E-state index in [0.717, 1.165) is 24.0 Å². The minimum absolute atomic E-state index is 0.167. The minimum Gasteiger partial charge on any atom is -0.313 e. The Morgan fingerprint density at radius 2 is 1.85 bits per heavy atom. The van der Waals surface area contributed by atoms with Gasteiger partial charge in [-0.3, -0.25) is 0 Å². The first kappa shape index (κ1) is 19.6. The van der Waals surface area contributed by atoms with Gasteiger partial charge in [0.15, 0.2) is 0 Å². The Kier molecular flexibility index (Phi) is 5.91. The molecule has 0 aliphatic heterocycles. The molecule has 1 aliphatic rings. The molecule has 0 fully saturated rings. The van der Waals surface area contributed by atoms with Gasteiger partial charge in [0.2, 0.25) is 0 Å². The Hall–Kier alpha value is -1.15. The van der Waals surface area contributed by atoms with Crippen LogP contribution in [0.3, 0.4) is 0 Å². The fraction of sp³-hybridized carbons (Fsp3) is 0.333. The molecule has 1 unspecified atom stereocenters. The number of halogens is 2. The fourth-order valence-corrected chi connectivity index (χ4v) is 4.23. The number of nitrogens with one attached hydrogen (secondary N) is 2. The zero-order valence-electron chi connectivity index (χ0n) is 14.3. The van der Waals surface area contributed by atoms with Gasteiger partial charge in [0.25, 0.3) is 10.2 Å². The lowest BCUT2D eigenvalue weighted by molar-refractivity contribution is 0.470. The van der Waals surface area contributed by atoms with Crippen LogP contribution in [0.1, 0.15) is 47.1 Å². The molecule has 0 heterocycles. The van der Waals surface area contributed by atoms with Crippen LogP contribution in [0.15, 0.2) is 36.4 Å². The highest BCUT2D eigenvalue weighted by Crippen LogP contribution is 2.42. The topological polar surface area (TPSA) is 84.2 Å². The molecule has 8 heteroatoms. The number of hydrogen-bond acceptors (Lipinski definition) is 3. The van der Waals surface area contributed by atoms with Crippen LogP contribution < -0.4 is 15.2 Å². The smallest absolute Gasteiger partial charge is 0.274 e. The van der Waals surface area contributed by atoms with Crippen molar-refractivity contribution >= 4 is 33.4 Å². The van der Waals surface area contributed by atoms with E-state index in [0.29, 0.717) is 10.0 Å². The van der Waals surface area contributed by atoms with E-state index in [-0.39, 0.29) is 18.5 Å². The minimum atomic E-state index is -3.72. The highest BCUT2D eigenvalue weighted by molar-refractivity contribution is 7.87. The van der Waals surface area contributed by atoms with Crippen LogP contribution in [0.25, 0.3) is 0 Å². The molecule has 0 saturated heterocycles. The lowest BCUT2D eigenvalue weighted by Crippen LogP contribution is -2.30. The van der Waals surface area contributed by atoms with Gasteiger partial charge in [0, 0.05) is 18.5 Å². The SMILES string of the molecule is CN[C@H]1CCC(c2ccc(Cl)c(Cl)c2)c2ccc(CNS(N)(=O)=O)cc21. The average molecular weight is 414 g/mol. The largest absolute Gasteiger partial charge is 0.313 e. The highest BCUT2D eigenvalue weighted by Gasteiger charge is 2.28. The van der Waals surface area contributed by atoms with Gasteiger partial charge >= 0.3 is 0 Å². The molecule has 0 aromatic heterocycles. The van der Waals surface area contributed by atoms with Crippen molar-refractivity contribution in [1.82, 2.24) is 10.0 Å². The predicted octanol–water partition coefficient (Wildman–Crippen LogP) is 3.47. The molecule has 1 aliphatic carbocycles. The van der Waals surface area contributed by atoms with Crippen molar-refractivity contribution in [2.75, 3.05) is 7.05 Å². The number of nitrogens with two attached hydrogens (primary N) is 1. The Bertz CT molecular complexity index is 919. The molecular weight excluding hydrogens is 393 g/mol. The number of rotatable bonds is 5. The summed E-state index contributed by atoms with van der Waals surface area (Å²) in [7, 11) is -1.78. The number of hydrogen-bond donors (Lipinski definition) is 3. The van der Waals surface area contributed by atoms with Crippen molar-refractivity contribution in [2.24, 2.45) is 5.14 Å². The Morgan fingerprint density at radius 1 is 1.08 bits per heavy atom. The Balaban J connectivity index is 1.97. The van der Waals surface area contributed by atoms with Crippen LogP contribution in [0.4, 0.5) is 0 Å². The van der Waals surface area contributed by atoms with Gasteiger partial charge in [-0.05, 0) is 54.3 Å². The summed E-state index contributed by atoms with van der Waals surface area (Å²) in [5.41, 5.74) is 4.38. The summed E-state index contributed by atoms with van der Waals surface area (Å²) in [6.07, 6.45) is 1.96. The summed E-state index contributed by atoms with van der Waals surface area (Å²) in [5.74, 6) is 0.226. The van der Waals surface area contributed by atoms with Gasteiger partial charge < -0.3 is 5.32 Å². The second-order valence-corrected chi connectivity index (χ2v) is 8.67. The third-order valence-electron chi connectivity index (χ3n) is 4.82. The van der Waals surface area contributed by atoms with Crippen LogP contribution in [0, 0.1) is 0 Å². The normalized spacial score (nSPS) is 20.0. The van der Waals surface area contributed by atoms with Gasteiger partial charge in [0.1, 0.15) is 0 Å². The third kappa shape index (κ3) is 4.39. The second-order valence-electron chi connectivity index (χ2n) is 6.47. The molecule has 2 aromatic rings. The summed E-state index contributed by atoms with van der Waals surface area (Å²) in [6, 6.07) is 12.0. The molecule has 2 atom stereocenters. The monoisotopic (exact) mass is 413 g/mol. The van der Waals surface area contributed by atoms with Crippen molar-refractivity contribution in [3.63, 3.8) is 0 Å². The van der Waals surface area contributed by atoms with Crippen molar-refractivity contribution in [3.05, 3.63) is 68.7 Å². The third-order valence-corrected chi connectivity index (χ3v) is 6.10. The van der Waals surface area contributed by atoms with Gasteiger partial charge in [-0.15, -0.1) is 0 Å². The van der Waals surface area contributed by atoms with E-state index in [1.165, 1.54) is 11.1 Å². The van der Waals surface area contributed by atoms with Gasteiger partial charge in [-0.25, -0.2) is 5.14 Å². The number of fused-ring (bicyclic) bond motifs is 1. The summed E-state index contributed by atoms with van der Waals surface area (Å²) < 4.78 is 24.6. The van der Waals surface area contributed by atoms with Crippen LogP contribution >= 0.6 is 23.2 Å². The van der Waals surface area contributed by atoms with E-state index < -0.39 is 10.2 Å². The van der Waals surface area contributed by atoms with E-state index in [1.807, 2.05) is 37.4 Å². The molecule has 2 aromatic carbocycles. The molecule has 140 valence electrons. The number of benzene rings is 2. The van der Waals surface area contributed by atoms with Gasteiger partial charge in [-0.1, -0.05) is 47.5 Å². The zero-order valence-corrected chi connectivity index (χ0v) is 16.6. The van der Waals surface area contributed by atoms with Gasteiger partial charge in [0.05, 0.1) is 10.0 Å². The van der Waals surface area contributed by atoms with E-state index in [9.17, 15) is 8.42 Å². The van der Waals surface area contributed by atoms with Crippen molar-refractivity contribution in [3.8, 4) is 0 Å². The first-order chi connectivity index (χ1) is 12.3. The molecule has 0 spiro atoms. The van der Waals surface area contributed by atoms with E-state index in [4.69, 9.17) is 28.3 Å². The molecule has 0 bridgehead atoms. The molecule has 0 saturated carbocycles. The maximum Gasteiger partial charge on any atom is 0.274 e. The van der Waals surface area contributed by atoms with E-state index in [1.54, 1.807) is 0 Å². The second kappa shape index (κ2) is 7.84. The van der Waals surface area contributed by atoms with Crippen molar-refractivity contribution < 1.29 is 8.42 Å². The zero-order chi connectivity index (χ0) is 18.9. The molecule has 3 rings (SSSR count). The average Bonchev–Trinajstić information content (AvgIpc) is 2.60. The fourth-order valence-electron chi connectivity index (χ4n) is 3.56. The highest BCUT2D eigenvalue weighted by atomic mass is 35.5. The lowest BCUT2D eigenvalue weighted by atomic mass is 9.76.